The van der Waals surface area contributed by atoms with Crippen LogP contribution in [-0.4, -0.2) is 142 Å². The molecule has 0 radical (unpaired) electrons. The van der Waals surface area contributed by atoms with Gasteiger partial charge in [-0.3, -0.25) is 14.5 Å². The predicted octanol–water partition coefficient (Wildman–Crippen LogP) is 6.47. The Morgan fingerprint density at radius 3 is 1.36 bits per heavy atom. The summed E-state index contributed by atoms with van der Waals surface area (Å²) in [5, 5.41) is 14.6. The number of aliphatic hydroxyl groups excluding tert-OH is 1. The number of amides is 2. The molecule has 2 amide bonds. The van der Waals surface area contributed by atoms with Crippen molar-refractivity contribution in [3.63, 3.8) is 0 Å². The highest BCUT2D eigenvalue weighted by Gasteiger charge is 2.32. The number of fused-ring (bicyclic) bond motifs is 2. The molecular formula is C47H52F6N12O5. The van der Waals surface area contributed by atoms with E-state index in [0.29, 0.717) is 76.2 Å². The monoisotopic (exact) mass is 978 g/mol. The number of rotatable bonds is 14. The SMILES string of the molecule is Cc1nc(N2CCN(C)CC2)nc2ccc(NC(=O)CCc3ccc(OC(F)(F)F)cc3)nc12.Cc1nc(N2CCN(CCO)CC2)nc2ccc(NC(=O)CCc3ccc(OC(F)(F)F)cc3)nc12. The molecule has 6 heterocycles. The van der Waals surface area contributed by atoms with E-state index in [2.05, 4.69) is 76.7 Å². The van der Waals surface area contributed by atoms with Crippen molar-refractivity contribution in [2.45, 2.75) is 52.3 Å². The van der Waals surface area contributed by atoms with Gasteiger partial charge in [0, 0.05) is 71.7 Å². The van der Waals surface area contributed by atoms with Crippen LogP contribution in [-0.2, 0) is 22.4 Å². The van der Waals surface area contributed by atoms with Gasteiger partial charge in [0.2, 0.25) is 23.7 Å². The van der Waals surface area contributed by atoms with Crippen LogP contribution in [0.4, 0.5) is 49.9 Å². The summed E-state index contributed by atoms with van der Waals surface area (Å²) in [6.07, 6.45) is -8.48. The van der Waals surface area contributed by atoms with Crippen molar-refractivity contribution in [1.82, 2.24) is 39.7 Å². The van der Waals surface area contributed by atoms with Crippen LogP contribution >= 0.6 is 0 Å². The molecule has 8 rings (SSSR count). The lowest BCUT2D eigenvalue weighted by atomic mass is 10.1. The summed E-state index contributed by atoms with van der Waals surface area (Å²) in [5.41, 5.74) is 5.46. The van der Waals surface area contributed by atoms with Crippen LogP contribution in [0.5, 0.6) is 11.5 Å². The number of nitrogens with one attached hydrogen (secondary N) is 2. The summed E-state index contributed by atoms with van der Waals surface area (Å²) in [4.78, 5) is 61.1. The number of aryl methyl sites for hydroxylation is 4. The van der Waals surface area contributed by atoms with Gasteiger partial charge in [-0.2, -0.15) is 0 Å². The molecule has 23 heteroatoms. The van der Waals surface area contributed by atoms with Gasteiger partial charge >= 0.3 is 12.7 Å². The lowest BCUT2D eigenvalue weighted by molar-refractivity contribution is -0.275. The minimum Gasteiger partial charge on any atom is -0.406 e. The van der Waals surface area contributed by atoms with Gasteiger partial charge in [0.05, 0.1) is 29.0 Å². The maximum absolute atomic E-state index is 12.4. The van der Waals surface area contributed by atoms with Gasteiger partial charge in [0.25, 0.3) is 0 Å². The fourth-order valence-electron chi connectivity index (χ4n) is 7.67. The molecule has 0 unspecified atom stereocenters. The molecule has 2 aliphatic heterocycles. The number of halogens is 6. The van der Waals surface area contributed by atoms with Crippen molar-refractivity contribution in [1.29, 1.82) is 0 Å². The van der Waals surface area contributed by atoms with Gasteiger partial charge in [-0.25, -0.2) is 29.9 Å². The normalized spacial score (nSPS) is 14.8. The molecule has 2 fully saturated rings. The van der Waals surface area contributed by atoms with Crippen molar-refractivity contribution < 1.29 is 50.5 Å². The minimum absolute atomic E-state index is 0.135. The Balaban J connectivity index is 0.000000207. The highest BCUT2D eigenvalue weighted by Crippen LogP contribution is 2.26. The zero-order valence-electron chi connectivity index (χ0n) is 38.6. The van der Waals surface area contributed by atoms with E-state index in [1.54, 1.807) is 18.2 Å². The minimum atomic E-state index is -4.74. The topological polar surface area (TPSA) is 187 Å². The number of pyridine rings is 2. The number of likely N-dealkylation sites (N-methyl/N-ethyl adjacent to an activating group) is 1. The first kappa shape index (κ1) is 50.9. The Labute approximate surface area is 398 Å². The molecule has 2 aliphatic rings. The fourth-order valence-corrected chi connectivity index (χ4v) is 7.67. The smallest absolute Gasteiger partial charge is 0.406 e. The first-order valence-corrected chi connectivity index (χ1v) is 22.5. The summed E-state index contributed by atoms with van der Waals surface area (Å²) >= 11 is 0. The fraction of sp³-hybridized carbons (Fsp3) is 0.404. The number of ether oxygens (including phenoxy) is 2. The first-order chi connectivity index (χ1) is 33.4. The molecule has 70 heavy (non-hydrogen) atoms. The molecule has 372 valence electrons. The number of β-amino-alcohol motifs (C(OH)–C–C–N with tert-alkyl or cyclic N) is 1. The molecule has 0 saturated carbocycles. The number of aromatic nitrogens is 6. The average molecular weight is 979 g/mol. The third kappa shape index (κ3) is 14.8. The quantitative estimate of drug-likeness (QED) is 0.101. The van der Waals surface area contributed by atoms with E-state index in [0.717, 1.165) is 63.6 Å². The maximum Gasteiger partial charge on any atom is 0.573 e. The molecule has 4 aromatic heterocycles. The van der Waals surface area contributed by atoms with E-state index >= 15 is 0 Å². The average Bonchev–Trinajstić information content (AvgIpc) is 3.31. The number of carbonyl (C=O) groups excluding carboxylic acids is 2. The van der Waals surface area contributed by atoms with E-state index in [4.69, 9.17) is 5.11 Å². The number of hydrogen-bond donors (Lipinski definition) is 3. The van der Waals surface area contributed by atoms with Crippen LogP contribution in [0.3, 0.4) is 0 Å². The Morgan fingerprint density at radius 2 is 0.971 bits per heavy atom. The summed E-state index contributed by atoms with van der Waals surface area (Å²) in [6, 6.07) is 17.9. The number of anilines is 4. The zero-order chi connectivity index (χ0) is 50.0. The Kier molecular flexibility index (Phi) is 16.4. The molecule has 6 aromatic rings. The number of piperazine rings is 2. The van der Waals surface area contributed by atoms with Gasteiger partial charge in [0.1, 0.15) is 34.2 Å². The highest BCUT2D eigenvalue weighted by molar-refractivity contribution is 5.92. The maximum atomic E-state index is 12.4. The van der Waals surface area contributed by atoms with Crippen LogP contribution in [0.15, 0.2) is 72.8 Å². The lowest BCUT2D eigenvalue weighted by Gasteiger charge is -2.34. The molecule has 0 atom stereocenters. The number of hydrogen-bond acceptors (Lipinski definition) is 15. The third-order valence-electron chi connectivity index (χ3n) is 11.4. The molecule has 0 spiro atoms. The van der Waals surface area contributed by atoms with Crippen LogP contribution in [0.25, 0.3) is 22.1 Å². The molecular weight excluding hydrogens is 927 g/mol. The Hall–Kier alpha value is -6.98. The second kappa shape index (κ2) is 22.6. The van der Waals surface area contributed by atoms with Crippen molar-refractivity contribution in [2.24, 2.45) is 0 Å². The summed E-state index contributed by atoms with van der Waals surface area (Å²) < 4.78 is 81.3. The summed E-state index contributed by atoms with van der Waals surface area (Å²) in [6.45, 7) is 11.3. The number of carbonyl (C=O) groups is 2. The second-order valence-electron chi connectivity index (χ2n) is 16.7. The van der Waals surface area contributed by atoms with Crippen molar-refractivity contribution in [3.05, 3.63) is 95.3 Å². The number of benzene rings is 2. The van der Waals surface area contributed by atoms with Crippen LogP contribution in [0.2, 0.25) is 0 Å². The van der Waals surface area contributed by atoms with Crippen LogP contribution in [0, 0.1) is 13.8 Å². The standard InChI is InChI=1S/C24H27F3N6O3.C23H25F3N6O2/c1-16-22-19(29-23(28-16)33-12-10-32(11-13-33)14-15-34)7-8-20(31-22)30-21(35)9-4-17-2-5-18(6-3-17)36-24(25,26)27;1-15-21-18(28-22(27-15)32-13-11-31(2)12-14-32)8-9-19(30-21)29-20(33)10-5-16-3-6-17(7-4-16)34-23(24,25)26/h2-3,5-8,34H,4,9-15H2,1H3,(H,30,31,35);3-4,6-9H,5,10-14H2,1-2H3,(H,29,30,33). The number of nitrogens with zero attached hydrogens (tertiary/aromatic N) is 10. The molecule has 3 N–H and O–H groups in total. The van der Waals surface area contributed by atoms with E-state index in [9.17, 15) is 35.9 Å². The largest absolute Gasteiger partial charge is 0.573 e. The van der Waals surface area contributed by atoms with E-state index in [1.807, 2.05) is 19.9 Å². The van der Waals surface area contributed by atoms with E-state index in [1.165, 1.54) is 48.5 Å². The van der Waals surface area contributed by atoms with Crippen molar-refractivity contribution in [2.75, 3.05) is 93.0 Å². The van der Waals surface area contributed by atoms with E-state index in [-0.39, 0.29) is 42.8 Å². The van der Waals surface area contributed by atoms with Gasteiger partial charge in [-0.1, -0.05) is 24.3 Å². The van der Waals surface area contributed by atoms with Gasteiger partial charge < -0.3 is 39.9 Å². The summed E-state index contributed by atoms with van der Waals surface area (Å²) in [7, 11) is 2.09. The third-order valence-corrected chi connectivity index (χ3v) is 11.4. The Bertz CT molecular complexity index is 2730. The van der Waals surface area contributed by atoms with Gasteiger partial charge in [-0.05, 0) is 93.4 Å². The van der Waals surface area contributed by atoms with Crippen molar-refractivity contribution >= 4 is 57.4 Å². The predicted molar refractivity (Wildman–Crippen MR) is 250 cm³/mol. The van der Waals surface area contributed by atoms with Gasteiger partial charge in [0.15, 0.2) is 0 Å². The number of alkyl halides is 6. The first-order valence-electron chi connectivity index (χ1n) is 22.5. The Morgan fingerprint density at radius 1 is 0.571 bits per heavy atom. The zero-order valence-corrected chi connectivity index (χ0v) is 38.6. The number of aliphatic hydroxyl groups is 1. The van der Waals surface area contributed by atoms with Gasteiger partial charge in [-0.15, -0.1) is 26.3 Å². The van der Waals surface area contributed by atoms with Crippen LogP contribution < -0.4 is 29.9 Å². The second-order valence-corrected chi connectivity index (χ2v) is 16.7. The van der Waals surface area contributed by atoms with Crippen molar-refractivity contribution in [3.8, 4) is 11.5 Å². The lowest BCUT2D eigenvalue weighted by Crippen LogP contribution is -2.47. The molecule has 17 nitrogen and oxygen atoms in total. The molecule has 0 aliphatic carbocycles. The molecule has 0 bridgehead atoms. The van der Waals surface area contributed by atoms with E-state index < -0.39 is 12.7 Å². The highest BCUT2D eigenvalue weighted by atomic mass is 19.4. The van der Waals surface area contributed by atoms with Crippen LogP contribution in [0.1, 0.15) is 35.4 Å². The molecule has 2 aromatic carbocycles. The summed E-state index contributed by atoms with van der Waals surface area (Å²) in [5.74, 6) is 0.958. The molecule has 2 saturated heterocycles.